The molecule has 26 heavy (non-hydrogen) atoms. The molecule has 1 aromatic heterocycles. The van der Waals surface area contributed by atoms with E-state index in [0.717, 1.165) is 16.5 Å². The predicted molar refractivity (Wildman–Crippen MR) is 104 cm³/mol. The fourth-order valence-electron chi connectivity index (χ4n) is 3.10. The van der Waals surface area contributed by atoms with Gasteiger partial charge in [-0.3, -0.25) is 0 Å². The van der Waals surface area contributed by atoms with Crippen LogP contribution in [0.1, 0.15) is 22.7 Å². The average molecular weight is 382 g/mol. The molecule has 0 spiro atoms. The van der Waals surface area contributed by atoms with E-state index in [9.17, 15) is 4.79 Å². The quantitative estimate of drug-likeness (QED) is 0.458. The van der Waals surface area contributed by atoms with Crippen LogP contribution in [0.15, 0.2) is 82.1 Å². The molecule has 0 aliphatic rings. The van der Waals surface area contributed by atoms with E-state index in [1.165, 1.54) is 0 Å². The molecule has 0 fully saturated rings. The first-order chi connectivity index (χ1) is 12.6. The molecule has 128 valence electrons. The van der Waals surface area contributed by atoms with Crippen LogP contribution in [0.25, 0.3) is 10.8 Å². The zero-order valence-corrected chi connectivity index (χ0v) is 15.0. The fraction of sp³-hybridized carbons (Fsp3) is 0.0476. The lowest BCUT2D eigenvalue weighted by molar-refractivity contribution is 0.366. The maximum absolute atomic E-state index is 12.1. The van der Waals surface area contributed by atoms with Crippen LogP contribution >= 0.6 is 23.2 Å². The monoisotopic (exact) mass is 381 g/mol. The van der Waals surface area contributed by atoms with Gasteiger partial charge in [0.25, 0.3) is 0 Å². The topological polar surface area (TPSA) is 43.1 Å². The third-order valence-corrected chi connectivity index (χ3v) is 4.83. The maximum atomic E-state index is 12.1. The number of fused-ring (bicyclic) bond motifs is 1. The average Bonchev–Trinajstić information content (AvgIpc) is 2.67. The Kier molecular flexibility index (Phi) is 4.49. The molecule has 0 aliphatic heterocycles. The van der Waals surface area contributed by atoms with Crippen molar-refractivity contribution in [3.05, 3.63) is 110 Å². The van der Waals surface area contributed by atoms with Gasteiger partial charge in [-0.1, -0.05) is 70.8 Å². The summed E-state index contributed by atoms with van der Waals surface area (Å²) in [7, 11) is 0. The SMILES string of the molecule is O=c1onc(C(c2ccc(Cl)cc2)c2ccc(Cl)cc2)c2ccccc12. The summed E-state index contributed by atoms with van der Waals surface area (Å²) in [4.78, 5) is 12.1. The summed E-state index contributed by atoms with van der Waals surface area (Å²) in [5.74, 6) is -0.223. The molecule has 0 saturated heterocycles. The Morgan fingerprint density at radius 2 is 1.23 bits per heavy atom. The molecule has 1 heterocycles. The van der Waals surface area contributed by atoms with Gasteiger partial charge in [0.15, 0.2) is 0 Å². The number of halogens is 2. The van der Waals surface area contributed by atoms with E-state index >= 15 is 0 Å². The number of hydrogen-bond acceptors (Lipinski definition) is 3. The lowest BCUT2D eigenvalue weighted by Crippen LogP contribution is -2.11. The molecule has 0 amide bonds. The van der Waals surface area contributed by atoms with E-state index in [0.29, 0.717) is 21.1 Å². The first-order valence-corrected chi connectivity index (χ1v) is 8.78. The van der Waals surface area contributed by atoms with Crippen molar-refractivity contribution in [3.8, 4) is 0 Å². The van der Waals surface area contributed by atoms with Crippen LogP contribution < -0.4 is 5.63 Å². The number of nitrogens with zero attached hydrogens (tertiary/aromatic N) is 1. The molecule has 0 N–H and O–H groups in total. The third kappa shape index (κ3) is 3.12. The molecule has 0 unspecified atom stereocenters. The van der Waals surface area contributed by atoms with Gasteiger partial charge in [0.1, 0.15) is 5.69 Å². The van der Waals surface area contributed by atoms with E-state index in [-0.39, 0.29) is 5.92 Å². The Hall–Kier alpha value is -2.62. The van der Waals surface area contributed by atoms with Gasteiger partial charge >= 0.3 is 5.63 Å². The van der Waals surface area contributed by atoms with Crippen LogP contribution in [0.3, 0.4) is 0 Å². The van der Waals surface area contributed by atoms with Gasteiger partial charge in [-0.25, -0.2) is 4.79 Å². The molecule has 0 bridgehead atoms. The molecule has 0 aliphatic carbocycles. The van der Waals surface area contributed by atoms with Crippen LogP contribution in [0.2, 0.25) is 10.0 Å². The summed E-state index contributed by atoms with van der Waals surface area (Å²) in [6.07, 6.45) is 0. The second-order valence-electron chi connectivity index (χ2n) is 5.94. The van der Waals surface area contributed by atoms with Gasteiger partial charge in [0.05, 0.1) is 11.3 Å². The van der Waals surface area contributed by atoms with Crippen molar-refractivity contribution in [3.63, 3.8) is 0 Å². The molecule has 4 aromatic rings. The predicted octanol–water partition coefficient (Wildman–Crippen LogP) is 5.68. The molecular formula is C21H13Cl2NO2. The smallest absolute Gasteiger partial charge is 0.312 e. The third-order valence-electron chi connectivity index (χ3n) is 4.33. The molecule has 0 saturated carbocycles. The Bertz CT molecular complexity index is 1070. The lowest BCUT2D eigenvalue weighted by Gasteiger charge is -2.18. The normalized spacial score (nSPS) is 11.2. The second kappa shape index (κ2) is 6.94. The van der Waals surface area contributed by atoms with Crippen molar-refractivity contribution >= 4 is 34.0 Å². The zero-order chi connectivity index (χ0) is 18.1. The minimum atomic E-state index is -0.449. The van der Waals surface area contributed by atoms with Gasteiger partial charge in [0.2, 0.25) is 0 Å². The first kappa shape index (κ1) is 16.8. The van der Waals surface area contributed by atoms with Crippen molar-refractivity contribution in [2.75, 3.05) is 0 Å². The van der Waals surface area contributed by atoms with Crippen molar-refractivity contribution in [1.82, 2.24) is 5.16 Å². The van der Waals surface area contributed by atoms with Crippen LogP contribution in [0, 0.1) is 0 Å². The van der Waals surface area contributed by atoms with Crippen molar-refractivity contribution in [2.24, 2.45) is 0 Å². The minimum Gasteiger partial charge on any atom is -0.312 e. The molecule has 3 nitrogen and oxygen atoms in total. The highest BCUT2D eigenvalue weighted by atomic mass is 35.5. The van der Waals surface area contributed by atoms with Crippen LogP contribution in [0.5, 0.6) is 0 Å². The minimum absolute atomic E-state index is 0.223. The Morgan fingerprint density at radius 1 is 0.731 bits per heavy atom. The Labute approximate surface area is 159 Å². The van der Waals surface area contributed by atoms with E-state index in [1.54, 1.807) is 6.07 Å². The molecular weight excluding hydrogens is 369 g/mol. The molecule has 5 heteroatoms. The Morgan fingerprint density at radius 3 is 1.77 bits per heavy atom. The lowest BCUT2D eigenvalue weighted by atomic mass is 9.86. The van der Waals surface area contributed by atoms with Crippen molar-refractivity contribution in [2.45, 2.75) is 5.92 Å². The standard InChI is InChI=1S/C21H13Cl2NO2/c22-15-9-5-13(6-10-15)19(14-7-11-16(23)12-8-14)20-17-3-1-2-4-18(17)21(25)26-24-20/h1-12,19H. The Balaban J connectivity index is 2.00. The second-order valence-corrected chi connectivity index (χ2v) is 6.81. The maximum Gasteiger partial charge on any atom is 0.366 e. The molecule has 3 aromatic carbocycles. The van der Waals surface area contributed by atoms with E-state index in [4.69, 9.17) is 27.7 Å². The number of aromatic nitrogens is 1. The van der Waals surface area contributed by atoms with Gasteiger partial charge in [-0.15, -0.1) is 0 Å². The summed E-state index contributed by atoms with van der Waals surface area (Å²) in [5, 5.41) is 6.73. The summed E-state index contributed by atoms with van der Waals surface area (Å²) < 4.78 is 5.09. The number of rotatable bonds is 3. The molecule has 0 atom stereocenters. The summed E-state index contributed by atoms with van der Waals surface area (Å²) >= 11 is 12.1. The molecule has 4 rings (SSSR count). The largest absolute Gasteiger partial charge is 0.366 e. The summed E-state index contributed by atoms with van der Waals surface area (Å²) in [6.45, 7) is 0. The van der Waals surface area contributed by atoms with Gasteiger partial charge in [-0.2, -0.15) is 0 Å². The van der Waals surface area contributed by atoms with Gasteiger partial charge in [-0.05, 0) is 41.5 Å². The van der Waals surface area contributed by atoms with Gasteiger partial charge in [0, 0.05) is 15.4 Å². The zero-order valence-electron chi connectivity index (χ0n) is 13.5. The number of hydrogen-bond donors (Lipinski definition) is 0. The van der Waals surface area contributed by atoms with Crippen LogP contribution in [-0.2, 0) is 0 Å². The molecule has 0 radical (unpaired) electrons. The summed E-state index contributed by atoms with van der Waals surface area (Å²) in [5.41, 5.74) is 2.20. The van der Waals surface area contributed by atoms with E-state index in [1.807, 2.05) is 66.7 Å². The van der Waals surface area contributed by atoms with Gasteiger partial charge < -0.3 is 4.52 Å². The van der Waals surface area contributed by atoms with Crippen LogP contribution in [0.4, 0.5) is 0 Å². The fourth-order valence-corrected chi connectivity index (χ4v) is 3.35. The van der Waals surface area contributed by atoms with E-state index in [2.05, 4.69) is 5.16 Å². The number of benzene rings is 3. The van der Waals surface area contributed by atoms with E-state index < -0.39 is 5.63 Å². The highest BCUT2D eigenvalue weighted by molar-refractivity contribution is 6.30. The highest BCUT2D eigenvalue weighted by Gasteiger charge is 2.22. The summed E-state index contributed by atoms with van der Waals surface area (Å²) in [6, 6.07) is 22.4. The van der Waals surface area contributed by atoms with Crippen molar-refractivity contribution in [1.29, 1.82) is 0 Å². The first-order valence-electron chi connectivity index (χ1n) is 8.03. The highest BCUT2D eigenvalue weighted by Crippen LogP contribution is 2.35. The van der Waals surface area contributed by atoms with Crippen LogP contribution in [-0.4, -0.2) is 5.16 Å². The van der Waals surface area contributed by atoms with Crippen molar-refractivity contribution < 1.29 is 4.52 Å².